The molecule has 0 aliphatic carbocycles. The third-order valence-electron chi connectivity index (χ3n) is 3.96. The molecule has 4 rings (SSSR count). The molecule has 148 valence electrons. The molecule has 1 aromatic carbocycles. The number of fused-ring (bicyclic) bond motifs is 6. The number of nitrogens with zero attached hydrogens (tertiary/aromatic N) is 8. The maximum absolute atomic E-state index is 13.7. The van der Waals surface area contributed by atoms with Crippen molar-refractivity contribution in [3.8, 4) is 12.1 Å². The molecular weight excluding hydrogens is 418 g/mol. The van der Waals surface area contributed by atoms with Gasteiger partial charge in [-0.1, -0.05) is 0 Å². The zero-order valence-corrected chi connectivity index (χ0v) is 14.1. The van der Waals surface area contributed by atoms with Crippen LogP contribution in [0.3, 0.4) is 0 Å². The van der Waals surface area contributed by atoms with Crippen molar-refractivity contribution < 1.29 is 26.3 Å². The zero-order chi connectivity index (χ0) is 21.8. The van der Waals surface area contributed by atoms with Crippen LogP contribution in [0.2, 0.25) is 0 Å². The number of nitriles is 2. The molecule has 8 nitrogen and oxygen atoms in total. The second kappa shape index (κ2) is 6.41. The first-order chi connectivity index (χ1) is 14.2. The van der Waals surface area contributed by atoms with Crippen LogP contribution in [0.4, 0.5) is 26.3 Å². The number of rotatable bonds is 1. The monoisotopic (exact) mass is 420 g/mol. The van der Waals surface area contributed by atoms with Crippen LogP contribution in [0.25, 0.3) is 33.1 Å². The average Bonchev–Trinajstić information content (AvgIpc) is 2.72. The van der Waals surface area contributed by atoms with E-state index in [0.29, 0.717) is 0 Å². The van der Waals surface area contributed by atoms with Gasteiger partial charge in [0, 0.05) is 0 Å². The molecule has 0 amide bonds. The van der Waals surface area contributed by atoms with Crippen molar-refractivity contribution >= 4 is 33.1 Å². The van der Waals surface area contributed by atoms with Gasteiger partial charge in [0.15, 0.2) is 17.1 Å². The van der Waals surface area contributed by atoms with Crippen LogP contribution >= 0.6 is 0 Å². The van der Waals surface area contributed by atoms with E-state index < -0.39 is 80.6 Å². The Kier molecular flexibility index (Phi) is 4.09. The molecule has 0 saturated carbocycles. The maximum Gasteiger partial charge on any atom is 0.435 e. The van der Waals surface area contributed by atoms with Gasteiger partial charge in [-0.2, -0.15) is 32.5 Å². The van der Waals surface area contributed by atoms with Crippen LogP contribution in [-0.2, 0) is 12.9 Å². The van der Waals surface area contributed by atoms with Gasteiger partial charge in [0.05, 0.1) is 0 Å². The highest BCUT2D eigenvalue weighted by molar-refractivity contribution is 6.17. The fourth-order valence-corrected chi connectivity index (χ4v) is 2.77. The SMILES string of the molecule is N#Cc1nc2c3nc(F)c(F)nc3c3nc(CF)c(C(F)(F)F)nc3c2nc1C#N. The average molecular weight is 420 g/mol. The third kappa shape index (κ3) is 2.69. The van der Waals surface area contributed by atoms with E-state index in [2.05, 4.69) is 29.9 Å². The van der Waals surface area contributed by atoms with Gasteiger partial charge in [-0.15, -0.1) is 0 Å². The van der Waals surface area contributed by atoms with E-state index in [0.717, 1.165) is 0 Å². The third-order valence-corrected chi connectivity index (χ3v) is 3.96. The molecule has 0 unspecified atom stereocenters. The largest absolute Gasteiger partial charge is 0.435 e. The van der Waals surface area contributed by atoms with Crippen molar-refractivity contribution in [3.63, 3.8) is 0 Å². The van der Waals surface area contributed by atoms with Gasteiger partial charge >= 0.3 is 6.18 Å². The minimum atomic E-state index is -5.11. The lowest BCUT2D eigenvalue weighted by Crippen LogP contribution is -2.14. The minimum absolute atomic E-state index is 0.463. The molecule has 0 N–H and O–H groups in total. The van der Waals surface area contributed by atoms with E-state index in [9.17, 15) is 26.3 Å². The summed E-state index contributed by atoms with van der Waals surface area (Å²) in [6, 6.07) is 3.10. The van der Waals surface area contributed by atoms with Crippen LogP contribution in [0.1, 0.15) is 22.8 Å². The van der Waals surface area contributed by atoms with E-state index in [-0.39, 0.29) is 0 Å². The molecule has 30 heavy (non-hydrogen) atoms. The number of hydrogen-bond donors (Lipinski definition) is 0. The Balaban J connectivity index is 2.36. The maximum atomic E-state index is 13.7. The van der Waals surface area contributed by atoms with Gasteiger partial charge in [0.25, 0.3) is 11.9 Å². The molecule has 0 spiro atoms. The molecule has 0 saturated heterocycles. The highest BCUT2D eigenvalue weighted by Gasteiger charge is 2.37. The number of benzene rings is 1. The Morgan fingerprint density at radius 1 is 0.667 bits per heavy atom. The molecule has 3 aromatic heterocycles. The van der Waals surface area contributed by atoms with Gasteiger partial charge < -0.3 is 0 Å². The van der Waals surface area contributed by atoms with Gasteiger partial charge in [0.2, 0.25) is 0 Å². The predicted molar refractivity (Wildman–Crippen MR) is 84.9 cm³/mol. The van der Waals surface area contributed by atoms with Crippen LogP contribution in [-0.4, -0.2) is 29.9 Å². The van der Waals surface area contributed by atoms with Crippen molar-refractivity contribution in [2.24, 2.45) is 0 Å². The van der Waals surface area contributed by atoms with Crippen LogP contribution in [0.15, 0.2) is 0 Å². The topological polar surface area (TPSA) is 125 Å². The Bertz CT molecular complexity index is 1470. The van der Waals surface area contributed by atoms with Crippen molar-refractivity contribution in [2.45, 2.75) is 12.9 Å². The van der Waals surface area contributed by atoms with E-state index in [1.54, 1.807) is 12.1 Å². The summed E-state index contributed by atoms with van der Waals surface area (Å²) < 4.78 is 80.6. The second-order valence-corrected chi connectivity index (χ2v) is 5.69. The minimum Gasteiger partial charge on any atom is -0.244 e. The van der Waals surface area contributed by atoms with Crippen LogP contribution in [0.5, 0.6) is 0 Å². The lowest BCUT2D eigenvalue weighted by molar-refractivity contribution is -0.142. The Hall–Kier alpha value is -4.20. The van der Waals surface area contributed by atoms with Gasteiger partial charge in [-0.25, -0.2) is 34.3 Å². The lowest BCUT2D eigenvalue weighted by atomic mass is 10.1. The lowest BCUT2D eigenvalue weighted by Gasteiger charge is -2.13. The Morgan fingerprint density at radius 3 is 1.47 bits per heavy atom. The molecule has 0 aliphatic rings. The Morgan fingerprint density at radius 2 is 1.07 bits per heavy atom. The van der Waals surface area contributed by atoms with E-state index in [4.69, 9.17) is 10.5 Å². The number of hydrogen-bond acceptors (Lipinski definition) is 8. The van der Waals surface area contributed by atoms with E-state index >= 15 is 0 Å². The summed E-state index contributed by atoms with van der Waals surface area (Å²) in [4.78, 5) is 21.1. The van der Waals surface area contributed by atoms with E-state index in [1.165, 1.54) is 0 Å². The molecule has 0 bridgehead atoms. The van der Waals surface area contributed by atoms with Crippen LogP contribution in [0, 0.1) is 34.6 Å². The highest BCUT2D eigenvalue weighted by atomic mass is 19.4. The molecular formula is C16H2F6N8. The van der Waals surface area contributed by atoms with Crippen molar-refractivity contribution in [1.29, 1.82) is 10.5 Å². The van der Waals surface area contributed by atoms with Gasteiger partial charge in [0.1, 0.15) is 57.6 Å². The normalized spacial score (nSPS) is 11.7. The molecule has 4 aromatic rings. The number of alkyl halides is 4. The molecule has 0 radical (unpaired) electrons. The van der Waals surface area contributed by atoms with Gasteiger partial charge in [-0.05, 0) is 0 Å². The molecule has 0 fully saturated rings. The summed E-state index contributed by atoms with van der Waals surface area (Å²) in [6.07, 6.45) is -5.11. The summed E-state index contributed by atoms with van der Waals surface area (Å²) in [5.74, 6) is -3.37. The summed E-state index contributed by atoms with van der Waals surface area (Å²) in [5.41, 5.74) is -7.18. The van der Waals surface area contributed by atoms with Crippen molar-refractivity contribution in [1.82, 2.24) is 29.9 Å². The van der Waals surface area contributed by atoms with Crippen molar-refractivity contribution in [3.05, 3.63) is 34.7 Å². The quantitative estimate of drug-likeness (QED) is 0.340. The summed E-state index contributed by atoms with van der Waals surface area (Å²) in [5, 5.41) is 18.3. The Labute approximate surface area is 160 Å². The summed E-state index contributed by atoms with van der Waals surface area (Å²) in [7, 11) is 0. The first-order valence-electron chi connectivity index (χ1n) is 7.70. The number of aromatic nitrogens is 6. The second-order valence-electron chi connectivity index (χ2n) is 5.69. The highest BCUT2D eigenvalue weighted by Crippen LogP contribution is 2.35. The molecule has 0 atom stereocenters. The first kappa shape index (κ1) is 19.1. The van der Waals surface area contributed by atoms with Crippen LogP contribution < -0.4 is 0 Å². The van der Waals surface area contributed by atoms with Crippen molar-refractivity contribution in [2.75, 3.05) is 0 Å². The first-order valence-corrected chi connectivity index (χ1v) is 7.70. The van der Waals surface area contributed by atoms with Gasteiger partial charge in [-0.3, -0.25) is 0 Å². The molecule has 0 aliphatic heterocycles. The standard InChI is InChI=1S/C16H2F6N8/c17-1-4-13(16(20,21)22)28-10-7-8(27-6(3-24)5(2-23)26-7)11-12(9(10)25-4)30-15(19)14(18)29-11/h1H2. The fourth-order valence-electron chi connectivity index (χ4n) is 2.77. The predicted octanol–water partition coefficient (Wildman–Crippen LogP) is 3.03. The summed E-state index contributed by atoms with van der Waals surface area (Å²) in [6.45, 7) is -1.67. The molecule has 3 heterocycles. The number of halogens is 6. The zero-order valence-electron chi connectivity index (χ0n) is 14.1. The fraction of sp³-hybridized carbons (Fsp3) is 0.125. The van der Waals surface area contributed by atoms with E-state index in [1.807, 2.05) is 0 Å². The molecule has 14 heteroatoms. The smallest absolute Gasteiger partial charge is 0.244 e. The summed E-state index contributed by atoms with van der Waals surface area (Å²) >= 11 is 0.